The van der Waals surface area contributed by atoms with Crippen molar-refractivity contribution in [3.63, 3.8) is 0 Å². The van der Waals surface area contributed by atoms with Crippen LogP contribution in [0.15, 0.2) is 54.2 Å². The number of amides is 2. The normalized spacial score (nSPS) is 16.0. The third-order valence-electron chi connectivity index (χ3n) is 8.51. The number of carbonyl (C=O) groups is 2. The predicted molar refractivity (Wildman–Crippen MR) is 177 cm³/mol. The zero-order chi connectivity index (χ0) is 30.9. The van der Waals surface area contributed by atoms with E-state index < -0.39 is 0 Å². The molecule has 0 bridgehead atoms. The molecule has 1 aliphatic heterocycles. The average Bonchev–Trinajstić information content (AvgIpc) is 3.46. The van der Waals surface area contributed by atoms with E-state index in [4.69, 9.17) is 0 Å². The smallest absolute Gasteiger partial charge is 0.296 e. The van der Waals surface area contributed by atoms with Gasteiger partial charge in [-0.05, 0) is 105 Å². The number of pyridine rings is 1. The predicted octanol–water partition coefficient (Wildman–Crippen LogP) is 7.08. The molecular weight excluding hydrogens is 534 g/mol. The quantitative estimate of drug-likeness (QED) is 0.224. The minimum atomic E-state index is -0.239. The van der Waals surface area contributed by atoms with Crippen molar-refractivity contribution in [2.24, 2.45) is 0 Å². The molecule has 4 rings (SSSR count). The summed E-state index contributed by atoms with van der Waals surface area (Å²) in [5, 5.41) is 6.02. The zero-order valence-electron chi connectivity index (χ0n) is 26.4. The summed E-state index contributed by atoms with van der Waals surface area (Å²) in [5.41, 5.74) is 9.96. The number of allylic oxidation sites excluding steroid dienone is 2. The highest BCUT2D eigenvalue weighted by Gasteiger charge is 2.22. The molecule has 0 radical (unpaired) electrons. The van der Waals surface area contributed by atoms with E-state index in [2.05, 4.69) is 78.0 Å². The van der Waals surface area contributed by atoms with Crippen molar-refractivity contribution < 1.29 is 9.59 Å². The summed E-state index contributed by atoms with van der Waals surface area (Å²) in [6.45, 7) is 14.4. The Labute approximate surface area is 256 Å². The molecule has 2 unspecified atom stereocenters. The molecule has 43 heavy (non-hydrogen) atoms. The van der Waals surface area contributed by atoms with Crippen LogP contribution in [0.4, 0.5) is 11.4 Å². The van der Waals surface area contributed by atoms with Gasteiger partial charge in [0.1, 0.15) is 0 Å². The maximum Gasteiger partial charge on any atom is 0.296 e. The number of nitrogens with zero attached hydrogens (tertiary/aromatic N) is 2. The fraction of sp³-hybridized carbons (Fsp3) is 0.417. The second-order valence-corrected chi connectivity index (χ2v) is 11.5. The summed E-state index contributed by atoms with van der Waals surface area (Å²) in [5.74, 6) is 5.28. The fourth-order valence-corrected chi connectivity index (χ4v) is 5.55. The number of hydrogen-bond donors (Lipinski definition) is 3. The number of piperidine rings is 1. The molecule has 2 aromatic heterocycles. The van der Waals surface area contributed by atoms with Crippen LogP contribution in [-0.2, 0) is 16.0 Å². The highest BCUT2D eigenvalue weighted by atomic mass is 16.2. The van der Waals surface area contributed by atoms with E-state index >= 15 is 0 Å². The zero-order valence-corrected chi connectivity index (χ0v) is 26.4. The lowest BCUT2D eigenvalue weighted by Gasteiger charge is -2.34. The molecule has 2 amide bonds. The first kappa shape index (κ1) is 31.6. The van der Waals surface area contributed by atoms with Gasteiger partial charge in [-0.1, -0.05) is 44.4 Å². The Kier molecular flexibility index (Phi) is 10.8. The highest BCUT2D eigenvalue weighted by Crippen LogP contribution is 2.34. The molecule has 0 spiro atoms. The maximum absolute atomic E-state index is 12.9. The van der Waals surface area contributed by atoms with Gasteiger partial charge in [-0.25, -0.2) is 0 Å². The third-order valence-corrected chi connectivity index (χ3v) is 8.51. The Morgan fingerprint density at radius 3 is 2.60 bits per heavy atom. The summed E-state index contributed by atoms with van der Waals surface area (Å²) in [6.07, 6.45) is 5.92. The molecule has 1 aliphatic rings. The number of hydrogen-bond acceptors (Lipinski definition) is 4. The largest absolute Gasteiger partial charge is 0.369 e. The van der Waals surface area contributed by atoms with Crippen molar-refractivity contribution in [3.05, 3.63) is 71.2 Å². The number of aromatic amines is 1. The molecule has 0 aliphatic carbocycles. The second-order valence-electron chi connectivity index (χ2n) is 11.5. The van der Waals surface area contributed by atoms with Gasteiger partial charge in [0.2, 0.25) is 5.91 Å². The topological polar surface area (TPSA) is 90.1 Å². The van der Waals surface area contributed by atoms with Gasteiger partial charge in [-0.15, -0.1) is 0 Å². The van der Waals surface area contributed by atoms with Gasteiger partial charge in [0.25, 0.3) is 5.91 Å². The van der Waals surface area contributed by atoms with E-state index in [0.29, 0.717) is 18.2 Å². The Morgan fingerprint density at radius 2 is 1.91 bits per heavy atom. The number of carbonyl (C=O) groups excluding carboxylic acids is 2. The van der Waals surface area contributed by atoms with E-state index in [1.165, 1.54) is 22.4 Å². The monoisotopic (exact) mass is 579 g/mol. The first-order chi connectivity index (χ1) is 20.7. The number of aromatic nitrogens is 2. The van der Waals surface area contributed by atoms with Gasteiger partial charge in [0, 0.05) is 48.1 Å². The molecule has 3 N–H and O–H groups in total. The van der Waals surface area contributed by atoms with Crippen molar-refractivity contribution in [3.8, 4) is 23.1 Å². The molecule has 1 saturated heterocycles. The van der Waals surface area contributed by atoms with Crippen molar-refractivity contribution >= 4 is 28.8 Å². The van der Waals surface area contributed by atoms with Crippen molar-refractivity contribution in [2.75, 3.05) is 23.3 Å². The first-order valence-corrected chi connectivity index (χ1v) is 15.4. The molecule has 0 saturated carbocycles. The molecule has 7 nitrogen and oxygen atoms in total. The second kappa shape index (κ2) is 14.7. The number of H-pyrrole nitrogens is 1. The number of benzene rings is 1. The van der Waals surface area contributed by atoms with E-state index in [0.717, 1.165) is 54.9 Å². The maximum atomic E-state index is 12.9. The Morgan fingerprint density at radius 1 is 1.14 bits per heavy atom. The summed E-state index contributed by atoms with van der Waals surface area (Å²) >= 11 is 0. The summed E-state index contributed by atoms with van der Waals surface area (Å²) in [7, 11) is 0. The standard InChI is InChI=1S/C36H45N5O2/c1-7-11-34(42)39-29-12-10-19-41(23-29)31-17-18-37-30(20-31)21-35(43)38-28-15-13-27(14-16-28)33-22-32(26(6)24(4)8-2)36(40-33)25(5)9-3/h13-18,20,22,25,29,40H,8-10,12,19,21,23H2,1-6H3,(H,38,43)(H,39,42). The Bertz CT molecular complexity index is 1520. The third kappa shape index (κ3) is 8.16. The van der Waals surface area contributed by atoms with Crippen LogP contribution in [0.5, 0.6) is 0 Å². The summed E-state index contributed by atoms with van der Waals surface area (Å²) in [6, 6.07) is 14.2. The van der Waals surface area contributed by atoms with Crippen LogP contribution < -0.4 is 15.5 Å². The first-order valence-electron chi connectivity index (χ1n) is 15.4. The van der Waals surface area contributed by atoms with Gasteiger partial charge in [-0.3, -0.25) is 14.6 Å². The molecule has 226 valence electrons. The molecule has 1 fully saturated rings. The van der Waals surface area contributed by atoms with Crippen LogP contribution in [0.2, 0.25) is 0 Å². The van der Waals surface area contributed by atoms with Gasteiger partial charge < -0.3 is 20.5 Å². The van der Waals surface area contributed by atoms with Crippen LogP contribution in [0, 0.1) is 11.8 Å². The van der Waals surface area contributed by atoms with Gasteiger partial charge in [0.15, 0.2) is 0 Å². The van der Waals surface area contributed by atoms with E-state index in [-0.39, 0.29) is 24.3 Å². The van der Waals surface area contributed by atoms with Gasteiger partial charge in [0.05, 0.1) is 12.1 Å². The van der Waals surface area contributed by atoms with E-state index in [9.17, 15) is 9.59 Å². The summed E-state index contributed by atoms with van der Waals surface area (Å²) in [4.78, 5) is 35.2. The molecule has 7 heteroatoms. The van der Waals surface area contributed by atoms with Crippen LogP contribution in [0.3, 0.4) is 0 Å². The number of nitrogens with one attached hydrogen (secondary N) is 3. The molecular formula is C36H45N5O2. The molecule has 1 aromatic carbocycles. The van der Waals surface area contributed by atoms with Crippen molar-refractivity contribution in [1.82, 2.24) is 15.3 Å². The van der Waals surface area contributed by atoms with Crippen LogP contribution in [-0.4, -0.2) is 40.9 Å². The molecule has 3 heterocycles. The van der Waals surface area contributed by atoms with E-state index in [1.54, 1.807) is 13.1 Å². The lowest BCUT2D eigenvalue weighted by Crippen LogP contribution is -2.47. The number of rotatable bonds is 10. The molecule has 2 atom stereocenters. The van der Waals surface area contributed by atoms with E-state index in [1.807, 2.05) is 36.4 Å². The van der Waals surface area contributed by atoms with Gasteiger partial charge >= 0.3 is 0 Å². The Balaban J connectivity index is 1.41. The fourth-order valence-electron chi connectivity index (χ4n) is 5.55. The van der Waals surface area contributed by atoms with Crippen LogP contribution >= 0.6 is 0 Å². The minimum absolute atomic E-state index is 0.0464. The lowest BCUT2D eigenvalue weighted by molar-refractivity contribution is -0.117. The SMILES string of the molecule is CC#CC(=O)NC1CCCN(c2ccnc(CC(=O)Nc3ccc(-c4cc(C(C)=C(C)CC)c(C(C)CC)[nH]4)cc3)c2)C1. The summed E-state index contributed by atoms with van der Waals surface area (Å²) < 4.78 is 0. The van der Waals surface area contributed by atoms with Crippen LogP contribution in [0.25, 0.3) is 16.8 Å². The number of anilines is 2. The highest BCUT2D eigenvalue weighted by molar-refractivity contribution is 5.93. The van der Waals surface area contributed by atoms with Gasteiger partial charge in [-0.2, -0.15) is 0 Å². The van der Waals surface area contributed by atoms with Crippen LogP contribution in [0.1, 0.15) is 90.1 Å². The average molecular weight is 580 g/mol. The minimum Gasteiger partial charge on any atom is -0.369 e. The van der Waals surface area contributed by atoms with Crippen molar-refractivity contribution in [1.29, 1.82) is 0 Å². The molecule has 3 aromatic rings. The Hall–Kier alpha value is -4.31. The van der Waals surface area contributed by atoms with Crippen molar-refractivity contribution in [2.45, 2.75) is 85.6 Å². The lowest BCUT2D eigenvalue weighted by atomic mass is 9.94.